The van der Waals surface area contributed by atoms with Gasteiger partial charge in [-0.1, -0.05) is 13.0 Å². The quantitative estimate of drug-likeness (QED) is 0.787. The number of aryl methyl sites for hydroxylation is 1. The zero-order valence-corrected chi connectivity index (χ0v) is 10.5. The highest BCUT2D eigenvalue weighted by atomic mass is 16.1. The number of amides is 1. The summed E-state index contributed by atoms with van der Waals surface area (Å²) in [5.41, 5.74) is 8.21. The average Bonchev–Trinajstić information content (AvgIpc) is 2.27. The van der Waals surface area contributed by atoms with Crippen molar-refractivity contribution in [2.24, 2.45) is 0 Å². The fourth-order valence-corrected chi connectivity index (χ4v) is 2.27. The van der Waals surface area contributed by atoms with Gasteiger partial charge in [0.15, 0.2) is 0 Å². The summed E-state index contributed by atoms with van der Waals surface area (Å²) in [7, 11) is 0. The lowest BCUT2D eigenvalue weighted by Gasteiger charge is -2.42. The number of anilines is 1. The first-order chi connectivity index (χ1) is 8.06. The molecule has 0 spiro atoms. The lowest BCUT2D eigenvalue weighted by Crippen LogP contribution is -2.52. The van der Waals surface area contributed by atoms with E-state index in [0.717, 1.165) is 24.8 Å². The van der Waals surface area contributed by atoms with Crippen molar-refractivity contribution in [2.45, 2.75) is 45.1 Å². The Hall–Kier alpha value is -1.51. The van der Waals surface area contributed by atoms with Crippen molar-refractivity contribution in [3.05, 3.63) is 29.3 Å². The van der Waals surface area contributed by atoms with E-state index in [0.29, 0.717) is 11.3 Å². The smallest absolute Gasteiger partial charge is 0.251 e. The number of hydrogen-bond acceptors (Lipinski definition) is 2. The third kappa shape index (κ3) is 2.28. The number of nitrogen functional groups attached to an aromatic ring is 1. The Morgan fingerprint density at radius 2 is 2.18 bits per heavy atom. The van der Waals surface area contributed by atoms with E-state index in [1.807, 2.05) is 19.1 Å². The van der Waals surface area contributed by atoms with Gasteiger partial charge in [-0.25, -0.2) is 0 Å². The minimum atomic E-state index is -0.00162. The minimum absolute atomic E-state index is 0.00162. The molecule has 0 heterocycles. The van der Waals surface area contributed by atoms with Crippen LogP contribution in [0.2, 0.25) is 0 Å². The highest BCUT2D eigenvalue weighted by molar-refractivity contribution is 5.95. The molecule has 1 aliphatic rings. The first-order valence-corrected chi connectivity index (χ1v) is 6.25. The normalized spacial score (nSPS) is 17.3. The van der Waals surface area contributed by atoms with Crippen LogP contribution >= 0.6 is 0 Å². The van der Waals surface area contributed by atoms with Crippen molar-refractivity contribution >= 4 is 11.6 Å². The summed E-state index contributed by atoms with van der Waals surface area (Å²) >= 11 is 0. The Morgan fingerprint density at radius 1 is 1.47 bits per heavy atom. The molecule has 3 N–H and O–H groups in total. The van der Waals surface area contributed by atoms with Crippen molar-refractivity contribution in [3.63, 3.8) is 0 Å². The van der Waals surface area contributed by atoms with E-state index in [9.17, 15) is 4.79 Å². The molecule has 1 aromatic rings. The van der Waals surface area contributed by atoms with E-state index >= 15 is 0 Å². The van der Waals surface area contributed by atoms with Crippen LogP contribution in [0.15, 0.2) is 18.2 Å². The van der Waals surface area contributed by atoms with Crippen LogP contribution in [0.3, 0.4) is 0 Å². The zero-order chi connectivity index (χ0) is 12.5. The van der Waals surface area contributed by atoms with Crippen molar-refractivity contribution in [1.82, 2.24) is 5.32 Å². The molecule has 1 aromatic carbocycles. The van der Waals surface area contributed by atoms with E-state index in [4.69, 9.17) is 5.73 Å². The molecule has 0 unspecified atom stereocenters. The van der Waals surface area contributed by atoms with Crippen LogP contribution < -0.4 is 11.1 Å². The summed E-state index contributed by atoms with van der Waals surface area (Å²) in [6.07, 6.45) is 4.40. The molecule has 1 fully saturated rings. The standard InChI is InChI=1S/C14H20N2O/c1-3-14(7-4-8-14)16-13(17)11-6-5-10(2)12(15)9-11/h5-6,9H,3-4,7-8,15H2,1-2H3,(H,16,17). The lowest BCUT2D eigenvalue weighted by molar-refractivity contribution is 0.0820. The summed E-state index contributed by atoms with van der Waals surface area (Å²) in [6.45, 7) is 4.07. The van der Waals surface area contributed by atoms with Crippen molar-refractivity contribution < 1.29 is 4.79 Å². The van der Waals surface area contributed by atoms with Crippen LogP contribution in [0.25, 0.3) is 0 Å². The molecule has 17 heavy (non-hydrogen) atoms. The first-order valence-electron chi connectivity index (χ1n) is 6.25. The molecular weight excluding hydrogens is 212 g/mol. The summed E-state index contributed by atoms with van der Waals surface area (Å²) < 4.78 is 0. The number of carbonyl (C=O) groups excluding carboxylic acids is 1. The van der Waals surface area contributed by atoms with Crippen molar-refractivity contribution in [2.75, 3.05) is 5.73 Å². The molecule has 1 amide bonds. The third-order valence-corrected chi connectivity index (χ3v) is 3.91. The molecule has 3 heteroatoms. The number of hydrogen-bond donors (Lipinski definition) is 2. The number of carbonyl (C=O) groups is 1. The fourth-order valence-electron chi connectivity index (χ4n) is 2.27. The molecule has 3 nitrogen and oxygen atoms in total. The molecular formula is C14H20N2O. The zero-order valence-electron chi connectivity index (χ0n) is 10.5. The number of nitrogens with two attached hydrogens (primary N) is 1. The topological polar surface area (TPSA) is 55.1 Å². The largest absolute Gasteiger partial charge is 0.398 e. The van der Waals surface area contributed by atoms with Gasteiger partial charge in [-0.2, -0.15) is 0 Å². The summed E-state index contributed by atoms with van der Waals surface area (Å²) in [5.74, 6) is -0.00162. The average molecular weight is 232 g/mol. The van der Waals surface area contributed by atoms with E-state index in [1.54, 1.807) is 6.07 Å². The van der Waals surface area contributed by atoms with Gasteiger partial charge in [0.1, 0.15) is 0 Å². The molecule has 0 aromatic heterocycles. The predicted molar refractivity (Wildman–Crippen MR) is 69.9 cm³/mol. The Balaban J connectivity index is 2.11. The third-order valence-electron chi connectivity index (χ3n) is 3.91. The van der Waals surface area contributed by atoms with Gasteiger partial charge in [0.25, 0.3) is 5.91 Å². The Kier molecular flexibility index (Phi) is 3.09. The van der Waals surface area contributed by atoms with Gasteiger partial charge in [-0.05, 0) is 50.3 Å². The van der Waals surface area contributed by atoms with Crippen LogP contribution in [0.4, 0.5) is 5.69 Å². The molecule has 0 atom stereocenters. The van der Waals surface area contributed by atoms with E-state index in [-0.39, 0.29) is 11.4 Å². The number of rotatable bonds is 3. The second-order valence-corrected chi connectivity index (χ2v) is 5.01. The number of benzene rings is 1. The molecule has 0 aliphatic heterocycles. The first kappa shape index (κ1) is 12.0. The maximum absolute atomic E-state index is 12.1. The molecule has 1 aliphatic carbocycles. The van der Waals surface area contributed by atoms with Gasteiger partial charge in [-0.15, -0.1) is 0 Å². The Labute approximate surface area is 102 Å². The van der Waals surface area contributed by atoms with Crippen molar-refractivity contribution in [1.29, 1.82) is 0 Å². The molecule has 0 bridgehead atoms. The lowest BCUT2D eigenvalue weighted by atomic mass is 9.74. The summed E-state index contributed by atoms with van der Waals surface area (Å²) in [6, 6.07) is 5.49. The number of nitrogens with one attached hydrogen (secondary N) is 1. The van der Waals surface area contributed by atoms with E-state index < -0.39 is 0 Å². The molecule has 92 valence electrons. The summed E-state index contributed by atoms with van der Waals surface area (Å²) in [4.78, 5) is 12.1. The van der Waals surface area contributed by atoms with Gasteiger partial charge in [0.05, 0.1) is 0 Å². The van der Waals surface area contributed by atoms with Gasteiger partial charge in [-0.3, -0.25) is 4.79 Å². The Bertz CT molecular complexity index is 430. The van der Waals surface area contributed by atoms with Crippen molar-refractivity contribution in [3.8, 4) is 0 Å². The van der Waals surface area contributed by atoms with Crippen LogP contribution in [0.5, 0.6) is 0 Å². The minimum Gasteiger partial charge on any atom is -0.398 e. The summed E-state index contributed by atoms with van der Waals surface area (Å²) in [5, 5.41) is 3.15. The maximum Gasteiger partial charge on any atom is 0.251 e. The van der Waals surface area contributed by atoms with Crippen LogP contribution in [0, 0.1) is 6.92 Å². The second-order valence-electron chi connectivity index (χ2n) is 5.01. The van der Waals surface area contributed by atoms with E-state index in [2.05, 4.69) is 12.2 Å². The van der Waals surface area contributed by atoms with Gasteiger partial charge >= 0.3 is 0 Å². The van der Waals surface area contributed by atoms with Crippen LogP contribution in [0.1, 0.15) is 48.5 Å². The monoisotopic (exact) mass is 232 g/mol. The second kappa shape index (κ2) is 4.40. The maximum atomic E-state index is 12.1. The SMILES string of the molecule is CCC1(NC(=O)c2ccc(C)c(N)c2)CCC1. The van der Waals surface area contributed by atoms with Gasteiger partial charge < -0.3 is 11.1 Å². The van der Waals surface area contributed by atoms with E-state index in [1.165, 1.54) is 6.42 Å². The predicted octanol–water partition coefficient (Wildman–Crippen LogP) is 2.64. The van der Waals surface area contributed by atoms with Gasteiger partial charge in [0.2, 0.25) is 0 Å². The Morgan fingerprint density at radius 3 is 2.65 bits per heavy atom. The molecule has 0 saturated heterocycles. The van der Waals surface area contributed by atoms with Gasteiger partial charge in [0, 0.05) is 16.8 Å². The highest BCUT2D eigenvalue weighted by Crippen LogP contribution is 2.34. The molecule has 2 rings (SSSR count). The van der Waals surface area contributed by atoms with Crippen LogP contribution in [-0.2, 0) is 0 Å². The molecule has 1 saturated carbocycles. The molecule has 0 radical (unpaired) electrons. The highest BCUT2D eigenvalue weighted by Gasteiger charge is 2.36. The fraction of sp³-hybridized carbons (Fsp3) is 0.500. The van der Waals surface area contributed by atoms with Crippen LogP contribution in [-0.4, -0.2) is 11.4 Å².